The van der Waals surface area contributed by atoms with Crippen LogP contribution in [-0.2, 0) is 0 Å². The monoisotopic (exact) mass is 410 g/mol. The van der Waals surface area contributed by atoms with Gasteiger partial charge in [0.1, 0.15) is 11.3 Å². The van der Waals surface area contributed by atoms with E-state index < -0.39 is 0 Å². The Labute approximate surface area is 172 Å². The van der Waals surface area contributed by atoms with Crippen LogP contribution in [0.3, 0.4) is 0 Å². The van der Waals surface area contributed by atoms with Gasteiger partial charge in [0.05, 0.1) is 10.7 Å². The van der Waals surface area contributed by atoms with Gasteiger partial charge in [-0.1, -0.05) is 29.3 Å². The molecule has 140 valence electrons. The first-order valence-electron chi connectivity index (χ1n) is 8.61. The van der Waals surface area contributed by atoms with E-state index in [1.165, 1.54) is 12.3 Å². The Bertz CT molecular complexity index is 1230. The average Bonchev–Trinajstić information content (AvgIpc) is 3.07. The molecule has 3 aromatic carbocycles. The Morgan fingerprint density at radius 2 is 1.86 bits per heavy atom. The molecular weight excluding hydrogens is 395 g/mol. The van der Waals surface area contributed by atoms with Gasteiger partial charge in [-0.15, -0.1) is 0 Å². The van der Waals surface area contributed by atoms with E-state index in [0.29, 0.717) is 16.5 Å². The first-order chi connectivity index (χ1) is 13.4. The number of phenols is 1. The molecule has 1 aromatic heterocycles. The third-order valence-electron chi connectivity index (χ3n) is 4.39. The summed E-state index contributed by atoms with van der Waals surface area (Å²) < 4.78 is 5.86. The zero-order valence-electron chi connectivity index (χ0n) is 15.2. The van der Waals surface area contributed by atoms with Crippen molar-refractivity contribution in [3.63, 3.8) is 0 Å². The minimum atomic E-state index is -0.0501. The maximum Gasteiger partial charge on any atom is 0.227 e. The van der Waals surface area contributed by atoms with Crippen molar-refractivity contribution in [3.05, 3.63) is 75.3 Å². The fourth-order valence-corrected chi connectivity index (χ4v) is 3.43. The highest BCUT2D eigenvalue weighted by atomic mass is 35.5. The molecule has 0 radical (unpaired) electrons. The van der Waals surface area contributed by atoms with Crippen LogP contribution in [0.1, 0.15) is 16.7 Å². The number of halogens is 2. The van der Waals surface area contributed by atoms with Crippen LogP contribution in [-0.4, -0.2) is 16.3 Å². The lowest BCUT2D eigenvalue weighted by molar-refractivity contribution is 0.475. The SMILES string of the molecule is Cc1ccc2oc(-c3ccc(N=Cc4cc(Cl)cc(Cl)c4O)c(C)c3)nc2c1. The van der Waals surface area contributed by atoms with Gasteiger partial charge in [-0.25, -0.2) is 4.98 Å². The Morgan fingerprint density at radius 1 is 1.04 bits per heavy atom. The molecule has 0 aliphatic carbocycles. The van der Waals surface area contributed by atoms with E-state index >= 15 is 0 Å². The van der Waals surface area contributed by atoms with Crippen molar-refractivity contribution in [3.8, 4) is 17.2 Å². The van der Waals surface area contributed by atoms with Gasteiger partial charge in [0.15, 0.2) is 5.58 Å². The number of aryl methyl sites for hydroxylation is 2. The Kier molecular flexibility index (Phi) is 4.84. The van der Waals surface area contributed by atoms with E-state index in [-0.39, 0.29) is 10.8 Å². The molecule has 4 nitrogen and oxygen atoms in total. The highest BCUT2D eigenvalue weighted by Gasteiger charge is 2.10. The molecule has 0 aliphatic heterocycles. The summed E-state index contributed by atoms with van der Waals surface area (Å²) in [5, 5.41) is 10.7. The first kappa shape index (κ1) is 18.5. The third-order valence-corrected chi connectivity index (χ3v) is 4.89. The number of benzene rings is 3. The number of aromatic hydroxyl groups is 1. The number of aliphatic imine (C=N–C) groups is 1. The smallest absolute Gasteiger partial charge is 0.227 e. The van der Waals surface area contributed by atoms with E-state index in [9.17, 15) is 5.11 Å². The van der Waals surface area contributed by atoms with Crippen LogP contribution in [0, 0.1) is 13.8 Å². The van der Waals surface area contributed by atoms with E-state index in [1.54, 1.807) is 6.07 Å². The Hall–Kier alpha value is -2.82. The molecular formula is C22H16Cl2N2O2. The molecule has 0 spiro atoms. The fourth-order valence-electron chi connectivity index (χ4n) is 2.92. The topological polar surface area (TPSA) is 58.6 Å². The molecule has 0 bridgehead atoms. The number of oxazole rings is 1. The van der Waals surface area contributed by atoms with Gasteiger partial charge in [0, 0.05) is 22.4 Å². The predicted molar refractivity (Wildman–Crippen MR) is 114 cm³/mol. The summed E-state index contributed by atoms with van der Waals surface area (Å²) in [6.45, 7) is 3.98. The van der Waals surface area contributed by atoms with Crippen molar-refractivity contribution in [2.45, 2.75) is 13.8 Å². The second-order valence-corrected chi connectivity index (χ2v) is 7.42. The van der Waals surface area contributed by atoms with Crippen LogP contribution < -0.4 is 0 Å². The zero-order chi connectivity index (χ0) is 19.8. The Balaban J connectivity index is 1.66. The lowest BCUT2D eigenvalue weighted by atomic mass is 10.1. The second-order valence-electron chi connectivity index (χ2n) is 6.58. The summed E-state index contributed by atoms with van der Waals surface area (Å²) in [5.74, 6) is 0.518. The van der Waals surface area contributed by atoms with Gasteiger partial charge >= 0.3 is 0 Å². The molecule has 6 heteroatoms. The average molecular weight is 411 g/mol. The summed E-state index contributed by atoms with van der Waals surface area (Å²) in [7, 11) is 0. The zero-order valence-corrected chi connectivity index (χ0v) is 16.7. The Morgan fingerprint density at radius 3 is 2.64 bits per heavy atom. The number of hydrogen-bond acceptors (Lipinski definition) is 4. The summed E-state index contributed by atoms with van der Waals surface area (Å²) >= 11 is 11.9. The molecule has 28 heavy (non-hydrogen) atoms. The molecule has 0 amide bonds. The number of fused-ring (bicyclic) bond motifs is 1. The van der Waals surface area contributed by atoms with Crippen molar-refractivity contribution >= 4 is 46.2 Å². The lowest BCUT2D eigenvalue weighted by Gasteiger charge is -2.04. The second kappa shape index (κ2) is 7.30. The largest absolute Gasteiger partial charge is 0.506 e. The van der Waals surface area contributed by atoms with Crippen molar-refractivity contribution in [1.29, 1.82) is 0 Å². The van der Waals surface area contributed by atoms with Gasteiger partial charge in [-0.05, 0) is 67.4 Å². The molecule has 1 N–H and O–H groups in total. The maximum absolute atomic E-state index is 10.0. The summed E-state index contributed by atoms with van der Waals surface area (Å²) in [4.78, 5) is 9.03. The van der Waals surface area contributed by atoms with Gasteiger partial charge in [-0.3, -0.25) is 4.99 Å². The molecule has 0 aliphatic rings. The van der Waals surface area contributed by atoms with Gasteiger partial charge in [-0.2, -0.15) is 0 Å². The van der Waals surface area contributed by atoms with E-state index in [1.807, 2.05) is 50.2 Å². The van der Waals surface area contributed by atoms with Crippen molar-refractivity contribution in [2.75, 3.05) is 0 Å². The molecule has 4 aromatic rings. The molecule has 0 atom stereocenters. The third kappa shape index (κ3) is 3.61. The van der Waals surface area contributed by atoms with Crippen LogP contribution >= 0.6 is 23.2 Å². The molecule has 1 heterocycles. The maximum atomic E-state index is 10.0. The van der Waals surface area contributed by atoms with Gasteiger partial charge < -0.3 is 9.52 Å². The highest BCUT2D eigenvalue weighted by molar-refractivity contribution is 6.36. The quantitative estimate of drug-likeness (QED) is 0.374. The molecule has 4 rings (SSSR count). The standard InChI is InChI=1S/C22H16Cl2N2O2/c1-12-3-6-20-19(7-12)26-22(28-20)14-4-5-18(13(2)8-14)25-11-15-9-16(23)10-17(24)21(15)27/h3-11,27H,1-2H3. The minimum absolute atomic E-state index is 0.0501. The summed E-state index contributed by atoms with van der Waals surface area (Å²) in [6, 6.07) is 14.8. The number of phenolic OH excluding ortho intramolecular Hbond substituents is 1. The van der Waals surface area contributed by atoms with Crippen LogP contribution in [0.4, 0.5) is 5.69 Å². The van der Waals surface area contributed by atoms with Crippen LogP contribution in [0.2, 0.25) is 10.0 Å². The lowest BCUT2D eigenvalue weighted by Crippen LogP contribution is -1.85. The molecule has 0 saturated heterocycles. The molecule has 0 unspecified atom stereocenters. The van der Waals surface area contributed by atoms with Gasteiger partial charge in [0.25, 0.3) is 0 Å². The molecule has 0 fully saturated rings. The number of aromatic nitrogens is 1. The van der Waals surface area contributed by atoms with Crippen molar-refractivity contribution < 1.29 is 9.52 Å². The highest BCUT2D eigenvalue weighted by Crippen LogP contribution is 2.32. The minimum Gasteiger partial charge on any atom is -0.506 e. The van der Waals surface area contributed by atoms with Crippen LogP contribution in [0.25, 0.3) is 22.6 Å². The van der Waals surface area contributed by atoms with Crippen molar-refractivity contribution in [2.24, 2.45) is 4.99 Å². The van der Waals surface area contributed by atoms with Crippen LogP contribution in [0.5, 0.6) is 5.75 Å². The summed E-state index contributed by atoms with van der Waals surface area (Å²) in [6.07, 6.45) is 1.54. The number of hydrogen-bond donors (Lipinski definition) is 1. The fraction of sp³-hybridized carbons (Fsp3) is 0.0909. The van der Waals surface area contributed by atoms with E-state index in [0.717, 1.165) is 33.5 Å². The van der Waals surface area contributed by atoms with Crippen LogP contribution in [0.15, 0.2) is 57.9 Å². The predicted octanol–water partition coefficient (Wildman–Crippen LogP) is 6.87. The number of nitrogens with zero attached hydrogens (tertiary/aromatic N) is 2. The van der Waals surface area contributed by atoms with E-state index in [4.69, 9.17) is 27.6 Å². The van der Waals surface area contributed by atoms with Crippen molar-refractivity contribution in [1.82, 2.24) is 4.98 Å². The number of rotatable bonds is 3. The summed E-state index contributed by atoms with van der Waals surface area (Å²) in [5.41, 5.74) is 5.76. The normalized spacial score (nSPS) is 11.6. The first-order valence-corrected chi connectivity index (χ1v) is 9.36. The van der Waals surface area contributed by atoms with E-state index in [2.05, 4.69) is 9.98 Å². The van der Waals surface area contributed by atoms with Gasteiger partial charge in [0.2, 0.25) is 5.89 Å². The molecule has 0 saturated carbocycles.